The Labute approximate surface area is 169 Å². The van der Waals surface area contributed by atoms with Crippen LogP contribution >= 0.6 is 0 Å². The molecule has 30 heavy (non-hydrogen) atoms. The summed E-state index contributed by atoms with van der Waals surface area (Å²) < 4.78 is 42.8. The number of likely N-dealkylation sites (tertiary alicyclic amines) is 1. The van der Waals surface area contributed by atoms with Crippen molar-refractivity contribution in [1.29, 1.82) is 0 Å². The van der Waals surface area contributed by atoms with E-state index >= 15 is 0 Å². The van der Waals surface area contributed by atoms with E-state index in [0.29, 0.717) is 12.8 Å². The molecule has 0 aromatic heterocycles. The number of halogens is 3. The summed E-state index contributed by atoms with van der Waals surface area (Å²) >= 11 is 0. The molecule has 160 valence electrons. The fraction of sp³-hybridized carbons (Fsp3) is 0.400. The SMILES string of the molecule is O=C(COC(=O)CCN1C(=O)C2CC=CCC2C1=O)Nc1cccc(C(F)(F)F)c1. The van der Waals surface area contributed by atoms with E-state index in [0.717, 1.165) is 23.1 Å². The van der Waals surface area contributed by atoms with E-state index in [1.165, 1.54) is 6.07 Å². The number of fused-ring (bicyclic) bond motifs is 1. The molecule has 2 aliphatic rings. The van der Waals surface area contributed by atoms with E-state index in [1.54, 1.807) is 0 Å². The van der Waals surface area contributed by atoms with Gasteiger partial charge in [-0.2, -0.15) is 13.2 Å². The lowest BCUT2D eigenvalue weighted by molar-refractivity contribution is -0.148. The number of rotatable bonds is 6. The fourth-order valence-electron chi connectivity index (χ4n) is 3.48. The number of benzene rings is 1. The second-order valence-electron chi connectivity index (χ2n) is 7.02. The summed E-state index contributed by atoms with van der Waals surface area (Å²) in [4.78, 5) is 49.3. The van der Waals surface area contributed by atoms with Crippen LogP contribution < -0.4 is 5.32 Å². The Morgan fingerprint density at radius 1 is 1.10 bits per heavy atom. The molecular formula is C20H19F3N2O5. The molecular weight excluding hydrogens is 405 g/mol. The number of carbonyl (C=O) groups is 4. The lowest BCUT2D eigenvalue weighted by Crippen LogP contribution is -2.33. The highest BCUT2D eigenvalue weighted by atomic mass is 19.4. The summed E-state index contributed by atoms with van der Waals surface area (Å²) in [6.45, 7) is -0.842. The third kappa shape index (κ3) is 4.87. The lowest BCUT2D eigenvalue weighted by Gasteiger charge is -2.14. The zero-order chi connectivity index (χ0) is 21.9. The fourth-order valence-corrected chi connectivity index (χ4v) is 3.48. The Kier molecular flexibility index (Phi) is 6.23. The maximum absolute atomic E-state index is 12.7. The topological polar surface area (TPSA) is 92.8 Å². The van der Waals surface area contributed by atoms with Crippen LogP contribution in [0.3, 0.4) is 0 Å². The van der Waals surface area contributed by atoms with Gasteiger partial charge in [0.15, 0.2) is 6.61 Å². The van der Waals surface area contributed by atoms with Crippen molar-refractivity contribution in [3.8, 4) is 0 Å². The van der Waals surface area contributed by atoms with Crippen molar-refractivity contribution in [1.82, 2.24) is 4.90 Å². The number of esters is 1. The van der Waals surface area contributed by atoms with Gasteiger partial charge in [0.1, 0.15) is 0 Å². The van der Waals surface area contributed by atoms with Crippen LogP contribution in [0.5, 0.6) is 0 Å². The number of ether oxygens (including phenoxy) is 1. The average Bonchev–Trinajstić information content (AvgIpc) is 2.95. The van der Waals surface area contributed by atoms with E-state index in [2.05, 4.69) is 5.32 Å². The molecule has 1 N–H and O–H groups in total. The molecule has 0 spiro atoms. The van der Waals surface area contributed by atoms with Crippen molar-refractivity contribution in [3.63, 3.8) is 0 Å². The number of amides is 3. The van der Waals surface area contributed by atoms with Gasteiger partial charge >= 0.3 is 12.1 Å². The maximum Gasteiger partial charge on any atom is 0.416 e. The van der Waals surface area contributed by atoms with Gasteiger partial charge in [-0.3, -0.25) is 24.1 Å². The van der Waals surface area contributed by atoms with Crippen molar-refractivity contribution < 1.29 is 37.1 Å². The quantitative estimate of drug-likeness (QED) is 0.430. The normalized spacial score (nSPS) is 20.8. The van der Waals surface area contributed by atoms with Gasteiger partial charge in [0.25, 0.3) is 5.91 Å². The third-order valence-electron chi connectivity index (χ3n) is 4.98. The molecule has 1 aromatic carbocycles. The molecule has 10 heteroatoms. The van der Waals surface area contributed by atoms with Crippen LogP contribution in [0.4, 0.5) is 18.9 Å². The van der Waals surface area contributed by atoms with Crippen molar-refractivity contribution in [2.75, 3.05) is 18.5 Å². The Morgan fingerprint density at radius 3 is 2.33 bits per heavy atom. The first-order valence-corrected chi connectivity index (χ1v) is 9.30. The van der Waals surface area contributed by atoms with Crippen LogP contribution in [-0.4, -0.2) is 41.7 Å². The number of alkyl halides is 3. The van der Waals surface area contributed by atoms with E-state index in [1.807, 2.05) is 12.2 Å². The molecule has 1 aromatic rings. The molecule has 0 radical (unpaired) electrons. The predicted molar refractivity (Wildman–Crippen MR) is 97.7 cm³/mol. The van der Waals surface area contributed by atoms with Gasteiger partial charge in [-0.1, -0.05) is 18.2 Å². The standard InChI is InChI=1S/C20H19F3N2O5/c21-20(22,23)12-4-3-5-13(10-12)24-16(26)11-30-17(27)8-9-25-18(28)14-6-1-2-7-15(14)19(25)29/h1-5,10,14-15H,6-9,11H2,(H,24,26). The van der Waals surface area contributed by atoms with E-state index in [9.17, 15) is 32.3 Å². The van der Waals surface area contributed by atoms with Crippen LogP contribution in [0.1, 0.15) is 24.8 Å². The summed E-state index contributed by atoms with van der Waals surface area (Å²) in [7, 11) is 0. The van der Waals surface area contributed by atoms with Gasteiger partial charge in [0, 0.05) is 12.2 Å². The first kappa shape index (κ1) is 21.5. The molecule has 1 aliphatic carbocycles. The second-order valence-corrected chi connectivity index (χ2v) is 7.02. The van der Waals surface area contributed by atoms with Crippen molar-refractivity contribution in [2.24, 2.45) is 11.8 Å². The predicted octanol–water partition coefficient (Wildman–Crippen LogP) is 2.53. The number of carbonyl (C=O) groups excluding carboxylic acids is 4. The maximum atomic E-state index is 12.7. The first-order chi connectivity index (χ1) is 14.2. The molecule has 0 bridgehead atoms. The second kappa shape index (κ2) is 8.68. The number of allylic oxidation sites excluding steroid dienone is 2. The van der Waals surface area contributed by atoms with Crippen molar-refractivity contribution in [3.05, 3.63) is 42.0 Å². The van der Waals surface area contributed by atoms with Gasteiger partial charge in [-0.15, -0.1) is 0 Å². The Balaban J connectivity index is 1.44. The first-order valence-electron chi connectivity index (χ1n) is 9.30. The molecule has 0 saturated carbocycles. The summed E-state index contributed by atoms with van der Waals surface area (Å²) in [5.41, 5.74) is -1.01. The number of hydrogen-bond donors (Lipinski definition) is 1. The molecule has 3 rings (SSSR count). The Hall–Kier alpha value is -3.17. The number of imide groups is 1. The number of nitrogens with zero attached hydrogens (tertiary/aromatic N) is 1. The molecule has 3 amide bonds. The van der Waals surface area contributed by atoms with E-state index in [-0.39, 0.29) is 30.5 Å². The van der Waals surface area contributed by atoms with E-state index < -0.39 is 42.1 Å². The van der Waals surface area contributed by atoms with Crippen molar-refractivity contribution >= 4 is 29.4 Å². The van der Waals surface area contributed by atoms with Gasteiger partial charge in [0.2, 0.25) is 11.8 Å². The van der Waals surface area contributed by atoms with Crippen LogP contribution in [0.2, 0.25) is 0 Å². The summed E-state index contributed by atoms with van der Waals surface area (Å²) in [5.74, 6) is -3.03. The molecule has 1 heterocycles. The molecule has 1 aliphatic heterocycles. The van der Waals surface area contributed by atoms with Crippen LogP contribution in [0, 0.1) is 11.8 Å². The zero-order valence-electron chi connectivity index (χ0n) is 15.8. The molecule has 2 atom stereocenters. The van der Waals surface area contributed by atoms with Crippen LogP contribution in [0.25, 0.3) is 0 Å². The highest BCUT2D eigenvalue weighted by molar-refractivity contribution is 6.05. The highest BCUT2D eigenvalue weighted by Crippen LogP contribution is 2.35. The van der Waals surface area contributed by atoms with Crippen LogP contribution in [-0.2, 0) is 30.1 Å². The van der Waals surface area contributed by atoms with Gasteiger partial charge < -0.3 is 10.1 Å². The minimum atomic E-state index is -4.55. The van der Waals surface area contributed by atoms with Gasteiger partial charge in [0.05, 0.1) is 23.8 Å². The Bertz CT molecular complexity index is 871. The number of nitrogens with one attached hydrogen (secondary N) is 1. The zero-order valence-corrected chi connectivity index (χ0v) is 15.8. The summed E-state index contributed by atoms with van der Waals surface area (Å²) in [6.07, 6.45) is -0.134. The number of anilines is 1. The smallest absolute Gasteiger partial charge is 0.416 e. The highest BCUT2D eigenvalue weighted by Gasteiger charge is 2.46. The minimum Gasteiger partial charge on any atom is -0.456 e. The molecule has 7 nitrogen and oxygen atoms in total. The number of hydrogen-bond acceptors (Lipinski definition) is 5. The van der Waals surface area contributed by atoms with Crippen molar-refractivity contribution in [2.45, 2.75) is 25.4 Å². The van der Waals surface area contributed by atoms with Crippen LogP contribution in [0.15, 0.2) is 36.4 Å². The minimum absolute atomic E-state index is 0.0876. The largest absolute Gasteiger partial charge is 0.456 e. The average molecular weight is 424 g/mol. The Morgan fingerprint density at radius 2 is 1.73 bits per heavy atom. The molecule has 2 unspecified atom stereocenters. The van der Waals surface area contributed by atoms with E-state index in [4.69, 9.17) is 4.74 Å². The lowest BCUT2D eigenvalue weighted by atomic mass is 9.85. The summed E-state index contributed by atoms with van der Waals surface area (Å²) in [5, 5.41) is 2.21. The third-order valence-corrected chi connectivity index (χ3v) is 4.98. The molecule has 1 fully saturated rings. The summed E-state index contributed by atoms with van der Waals surface area (Å²) in [6, 6.07) is 4.04. The molecule has 1 saturated heterocycles. The van der Waals surface area contributed by atoms with Gasteiger partial charge in [-0.25, -0.2) is 0 Å². The van der Waals surface area contributed by atoms with Gasteiger partial charge in [-0.05, 0) is 31.0 Å². The monoisotopic (exact) mass is 424 g/mol.